The number of ether oxygens (including phenoxy) is 2. The Kier molecular flexibility index (Phi) is 4.06. The highest BCUT2D eigenvalue weighted by Gasteiger charge is 2.29. The minimum Gasteiger partial charge on any atom is -0.472 e. The summed E-state index contributed by atoms with van der Waals surface area (Å²) in [6, 6.07) is 7.78. The minimum atomic E-state index is 0.0120. The molecule has 6 heteroatoms. The Morgan fingerprint density at radius 3 is 2.91 bits per heavy atom. The number of aromatic nitrogens is 3. The molecule has 0 radical (unpaired) electrons. The van der Waals surface area contributed by atoms with Gasteiger partial charge in [0.1, 0.15) is 18.2 Å². The van der Waals surface area contributed by atoms with Crippen LogP contribution < -0.4 is 10.1 Å². The van der Waals surface area contributed by atoms with E-state index < -0.39 is 0 Å². The highest BCUT2D eigenvalue weighted by Crippen LogP contribution is 2.39. The van der Waals surface area contributed by atoms with Gasteiger partial charge in [0.15, 0.2) is 0 Å². The van der Waals surface area contributed by atoms with Crippen LogP contribution >= 0.6 is 0 Å². The molecule has 2 aliphatic rings. The lowest BCUT2D eigenvalue weighted by Gasteiger charge is -2.32. The molecule has 1 aliphatic heterocycles. The third kappa shape index (κ3) is 3.59. The van der Waals surface area contributed by atoms with Crippen molar-refractivity contribution in [2.45, 2.75) is 37.3 Å². The zero-order valence-corrected chi connectivity index (χ0v) is 12.9. The van der Waals surface area contributed by atoms with E-state index in [1.54, 1.807) is 12.5 Å². The summed E-state index contributed by atoms with van der Waals surface area (Å²) >= 11 is 0. The first-order chi connectivity index (χ1) is 11.4. The summed E-state index contributed by atoms with van der Waals surface area (Å²) < 4.78 is 11.6. The predicted molar refractivity (Wildman–Crippen MR) is 85.5 cm³/mol. The molecule has 2 atom stereocenters. The van der Waals surface area contributed by atoms with Gasteiger partial charge in [0.05, 0.1) is 19.3 Å². The van der Waals surface area contributed by atoms with Crippen molar-refractivity contribution in [3.05, 3.63) is 42.5 Å². The number of hydrogen-bond acceptors (Lipinski definition) is 6. The minimum absolute atomic E-state index is 0.0120. The molecule has 2 aromatic heterocycles. The van der Waals surface area contributed by atoms with Crippen LogP contribution in [-0.4, -0.2) is 40.3 Å². The smallest absolute Gasteiger partial charge is 0.213 e. The molecule has 0 spiro atoms. The van der Waals surface area contributed by atoms with Crippen molar-refractivity contribution >= 4 is 5.82 Å². The quantitative estimate of drug-likeness (QED) is 0.914. The lowest BCUT2D eigenvalue weighted by Crippen LogP contribution is -2.46. The Bertz CT molecular complexity index is 648. The highest BCUT2D eigenvalue weighted by atomic mass is 16.5. The van der Waals surface area contributed by atoms with Gasteiger partial charge in [0.2, 0.25) is 5.88 Å². The molecule has 0 bridgehead atoms. The first-order valence-corrected chi connectivity index (χ1v) is 8.12. The average Bonchev–Trinajstić information content (AvgIpc) is 3.43. The summed E-state index contributed by atoms with van der Waals surface area (Å²) in [6.45, 7) is 1.30. The van der Waals surface area contributed by atoms with E-state index >= 15 is 0 Å². The van der Waals surface area contributed by atoms with Gasteiger partial charge in [-0.3, -0.25) is 0 Å². The maximum Gasteiger partial charge on any atom is 0.213 e. The van der Waals surface area contributed by atoms with Crippen LogP contribution in [0.3, 0.4) is 0 Å². The van der Waals surface area contributed by atoms with Gasteiger partial charge in [-0.1, -0.05) is 6.07 Å². The Labute approximate surface area is 135 Å². The number of nitrogens with zero attached hydrogens (tertiary/aromatic N) is 3. The number of nitrogens with one attached hydrogen (secondary N) is 1. The fourth-order valence-corrected chi connectivity index (χ4v) is 2.81. The Hall–Kier alpha value is -2.21. The van der Waals surface area contributed by atoms with Crippen LogP contribution in [0, 0.1) is 0 Å². The van der Waals surface area contributed by atoms with E-state index in [4.69, 9.17) is 9.47 Å². The number of hydrogen-bond donors (Lipinski definition) is 1. The number of pyridine rings is 1. The lowest BCUT2D eigenvalue weighted by atomic mass is 10.1. The molecule has 120 valence electrons. The first kappa shape index (κ1) is 14.4. The molecular formula is C17H20N4O2. The van der Waals surface area contributed by atoms with Gasteiger partial charge < -0.3 is 14.8 Å². The summed E-state index contributed by atoms with van der Waals surface area (Å²) in [7, 11) is 0. The summed E-state index contributed by atoms with van der Waals surface area (Å²) in [5.74, 6) is 2.10. The lowest BCUT2D eigenvalue weighted by molar-refractivity contribution is 0.0129. The molecule has 2 fully saturated rings. The van der Waals surface area contributed by atoms with Crippen molar-refractivity contribution in [3.63, 3.8) is 0 Å². The highest BCUT2D eigenvalue weighted by molar-refractivity contribution is 5.38. The Balaban J connectivity index is 1.46. The van der Waals surface area contributed by atoms with E-state index in [2.05, 4.69) is 20.3 Å². The van der Waals surface area contributed by atoms with Crippen LogP contribution in [-0.2, 0) is 4.74 Å². The predicted octanol–water partition coefficient (Wildman–Crippen LogP) is 2.40. The van der Waals surface area contributed by atoms with E-state index in [1.165, 1.54) is 12.8 Å². The second-order valence-corrected chi connectivity index (χ2v) is 6.04. The molecule has 23 heavy (non-hydrogen) atoms. The molecule has 4 rings (SSSR count). The maximum absolute atomic E-state index is 6.03. The molecule has 0 amide bonds. The van der Waals surface area contributed by atoms with Crippen molar-refractivity contribution in [1.82, 2.24) is 15.0 Å². The van der Waals surface area contributed by atoms with Crippen molar-refractivity contribution in [2.24, 2.45) is 0 Å². The van der Waals surface area contributed by atoms with Crippen molar-refractivity contribution in [3.8, 4) is 5.88 Å². The molecular weight excluding hydrogens is 292 g/mol. The number of anilines is 1. The third-order valence-electron chi connectivity index (χ3n) is 4.22. The molecule has 6 nitrogen and oxygen atoms in total. The van der Waals surface area contributed by atoms with Crippen LogP contribution in [0.25, 0.3) is 0 Å². The zero-order chi connectivity index (χ0) is 15.5. The fraction of sp³-hybridized carbons (Fsp3) is 0.471. The molecule has 1 saturated carbocycles. The summed E-state index contributed by atoms with van der Waals surface area (Å²) in [5, 5.41) is 3.45. The van der Waals surface area contributed by atoms with Crippen molar-refractivity contribution < 1.29 is 9.47 Å². The molecule has 2 aromatic rings. The molecule has 1 N–H and O–H groups in total. The maximum atomic E-state index is 6.03. The second kappa shape index (κ2) is 6.50. The van der Waals surface area contributed by atoms with Crippen LogP contribution in [0.1, 0.15) is 30.9 Å². The Morgan fingerprint density at radius 2 is 2.09 bits per heavy atom. The molecule has 0 aromatic carbocycles. The summed E-state index contributed by atoms with van der Waals surface area (Å²) in [5.41, 5.74) is 1.13. The van der Waals surface area contributed by atoms with Gasteiger partial charge in [-0.25, -0.2) is 15.0 Å². The normalized spacial score (nSPS) is 24.2. The SMILES string of the molecule is c1ccc(O[C@@H]2CCOC[C@H]2Nc2cc(C3CC3)ncn2)nc1. The monoisotopic (exact) mass is 312 g/mol. The molecule has 1 aliphatic carbocycles. The van der Waals surface area contributed by atoms with Gasteiger partial charge >= 0.3 is 0 Å². The molecule has 0 unspecified atom stereocenters. The first-order valence-electron chi connectivity index (χ1n) is 8.12. The van der Waals surface area contributed by atoms with Gasteiger partial charge in [-0.05, 0) is 18.9 Å². The fourth-order valence-electron chi connectivity index (χ4n) is 2.81. The van der Waals surface area contributed by atoms with Crippen molar-refractivity contribution in [1.29, 1.82) is 0 Å². The van der Waals surface area contributed by atoms with Crippen LogP contribution in [0.5, 0.6) is 5.88 Å². The average molecular weight is 312 g/mol. The van der Waals surface area contributed by atoms with Crippen molar-refractivity contribution in [2.75, 3.05) is 18.5 Å². The summed E-state index contributed by atoms with van der Waals surface area (Å²) in [6.07, 6.45) is 6.67. The zero-order valence-electron chi connectivity index (χ0n) is 12.9. The van der Waals surface area contributed by atoms with E-state index in [1.807, 2.05) is 24.3 Å². The van der Waals surface area contributed by atoms with Gasteiger partial charge in [-0.2, -0.15) is 0 Å². The number of rotatable bonds is 5. The van der Waals surface area contributed by atoms with E-state index in [0.717, 1.165) is 17.9 Å². The van der Waals surface area contributed by atoms with E-state index in [0.29, 0.717) is 25.0 Å². The summed E-state index contributed by atoms with van der Waals surface area (Å²) in [4.78, 5) is 12.9. The van der Waals surface area contributed by atoms with E-state index in [9.17, 15) is 0 Å². The molecule has 3 heterocycles. The van der Waals surface area contributed by atoms with Gasteiger partial charge in [0, 0.05) is 36.4 Å². The second-order valence-electron chi connectivity index (χ2n) is 6.04. The Morgan fingerprint density at radius 1 is 1.13 bits per heavy atom. The van der Waals surface area contributed by atoms with Gasteiger partial charge in [-0.15, -0.1) is 0 Å². The molecule has 1 saturated heterocycles. The topological polar surface area (TPSA) is 69.2 Å². The largest absolute Gasteiger partial charge is 0.472 e. The van der Waals surface area contributed by atoms with Crippen LogP contribution in [0.15, 0.2) is 36.8 Å². The standard InChI is InChI=1S/C17H20N4O2/c1-2-7-18-17(3-1)23-15-6-8-22-10-14(15)21-16-9-13(12-4-5-12)19-11-20-16/h1-3,7,9,11-12,14-15H,4-6,8,10H2,(H,19,20,21)/t14-,15-/m1/s1. The van der Waals surface area contributed by atoms with Crippen LogP contribution in [0.2, 0.25) is 0 Å². The third-order valence-corrected chi connectivity index (χ3v) is 4.22. The van der Waals surface area contributed by atoms with Gasteiger partial charge in [0.25, 0.3) is 0 Å². The van der Waals surface area contributed by atoms with E-state index in [-0.39, 0.29) is 12.1 Å². The van der Waals surface area contributed by atoms with Crippen LogP contribution in [0.4, 0.5) is 5.82 Å².